The lowest BCUT2D eigenvalue weighted by Crippen LogP contribution is -2.06. The molecule has 0 aliphatic rings. The van der Waals surface area contributed by atoms with Crippen molar-refractivity contribution in [2.75, 3.05) is 5.43 Å². The fourth-order valence-electron chi connectivity index (χ4n) is 4.01. The number of azo groups is 2. The van der Waals surface area contributed by atoms with Crippen LogP contribution in [0, 0.1) is 13.8 Å². The maximum absolute atomic E-state index is 6.03. The van der Waals surface area contributed by atoms with Crippen LogP contribution in [-0.2, 0) is 0 Å². The highest BCUT2D eigenvalue weighted by molar-refractivity contribution is 6.31. The molecule has 0 fully saturated rings. The Morgan fingerprint density at radius 3 is 1.40 bits per heavy atom. The molecule has 0 aliphatic heterocycles. The smallest absolute Gasteiger partial charge is 0.198 e. The number of benzene rings is 3. The van der Waals surface area contributed by atoms with Gasteiger partial charge in [0.25, 0.3) is 0 Å². The summed E-state index contributed by atoms with van der Waals surface area (Å²) in [6.45, 7) is 3.70. The monoisotopic (exact) mass is 588 g/mol. The van der Waals surface area contributed by atoms with Gasteiger partial charge in [-0.05, 0) is 86.6 Å². The quantitative estimate of drug-likeness (QED) is 0.155. The van der Waals surface area contributed by atoms with E-state index in [-0.39, 0.29) is 0 Å². The summed E-state index contributed by atoms with van der Waals surface area (Å²) < 4.78 is 3.56. The van der Waals surface area contributed by atoms with Crippen molar-refractivity contribution in [1.29, 1.82) is 0 Å². The van der Waals surface area contributed by atoms with E-state index in [4.69, 9.17) is 44.8 Å². The zero-order valence-electron chi connectivity index (χ0n) is 21.1. The molecule has 3 heterocycles. The van der Waals surface area contributed by atoms with E-state index < -0.39 is 0 Å². The predicted molar refractivity (Wildman–Crippen MR) is 156 cm³/mol. The molecular weight excluding hydrogens is 571 g/mol. The van der Waals surface area contributed by atoms with Crippen molar-refractivity contribution < 1.29 is 0 Å². The van der Waals surface area contributed by atoms with Crippen molar-refractivity contribution in [1.82, 2.24) is 19.0 Å². The van der Waals surface area contributed by atoms with E-state index in [2.05, 4.69) is 31.0 Å². The minimum absolute atomic E-state index is 0.489. The van der Waals surface area contributed by atoms with Crippen LogP contribution in [0.15, 0.2) is 98.4 Å². The highest BCUT2D eigenvalue weighted by Crippen LogP contribution is 2.29. The van der Waals surface area contributed by atoms with Crippen molar-refractivity contribution in [3.63, 3.8) is 0 Å². The normalized spacial score (nSPS) is 11.9. The fraction of sp³-hybridized carbons (Fsp3) is 0.0741. The molecule has 198 valence electrons. The van der Waals surface area contributed by atoms with Crippen LogP contribution in [-0.4, -0.2) is 19.0 Å². The summed E-state index contributed by atoms with van der Waals surface area (Å²) in [6.07, 6.45) is 0. The summed E-state index contributed by atoms with van der Waals surface area (Å²) in [5, 5.41) is 24.9. The third kappa shape index (κ3) is 5.00. The Morgan fingerprint density at radius 1 is 0.575 bits per heavy atom. The number of hydrogen-bond acceptors (Lipinski definition) is 8. The minimum atomic E-state index is 0.489. The second-order valence-corrected chi connectivity index (χ2v) is 10.1. The van der Waals surface area contributed by atoms with Crippen molar-refractivity contribution in [2.45, 2.75) is 13.8 Å². The minimum Gasteiger partial charge on any atom is -0.278 e. The average molecular weight is 590 g/mol. The van der Waals surface area contributed by atoms with E-state index in [1.807, 2.05) is 26.0 Å². The molecule has 0 amide bonds. The standard InChI is InChI=1S/C27H19Cl3N10/c1-15-24(37-34-21-11-5-18(29)6-12-21)39-26(31-15)23(36-33-20-9-3-17(28)4-10-20)27-32-16(2)25(40(27)39)38-35-22-13-7-19(30)8-14-22/h3-14,33H,1-2H3. The van der Waals surface area contributed by atoms with Crippen LogP contribution in [0.3, 0.4) is 0 Å². The molecule has 0 unspecified atom stereocenters. The van der Waals surface area contributed by atoms with Gasteiger partial charge in [-0.3, -0.25) is 5.43 Å². The molecule has 13 heteroatoms. The molecule has 3 aromatic heterocycles. The van der Waals surface area contributed by atoms with Crippen LogP contribution in [0.25, 0.3) is 11.3 Å². The SMILES string of the molecule is Cc1nc2c(=NNc3ccc(Cl)cc3)c3nc(C)c(N=Nc4ccc(Cl)cc4)n3n2c1N=Nc1ccc(Cl)cc1. The van der Waals surface area contributed by atoms with E-state index in [0.29, 0.717) is 66.1 Å². The number of hydrogen-bond donors (Lipinski definition) is 1. The fourth-order valence-corrected chi connectivity index (χ4v) is 4.38. The molecule has 6 rings (SSSR count). The number of imidazole rings is 2. The zero-order valence-corrected chi connectivity index (χ0v) is 23.4. The Hall–Kier alpha value is -4.38. The topological polar surface area (TPSA) is 108 Å². The molecular formula is C27H19Cl3N10. The van der Waals surface area contributed by atoms with Crippen LogP contribution in [0.1, 0.15) is 11.4 Å². The Balaban J connectivity index is 1.55. The first-order valence-corrected chi connectivity index (χ1v) is 13.1. The van der Waals surface area contributed by atoms with Gasteiger partial charge in [0.15, 0.2) is 28.3 Å². The highest BCUT2D eigenvalue weighted by Gasteiger charge is 2.23. The summed E-state index contributed by atoms with van der Waals surface area (Å²) in [5.41, 5.74) is 7.43. The number of nitrogens with zero attached hydrogens (tertiary/aromatic N) is 9. The first kappa shape index (κ1) is 25.9. The van der Waals surface area contributed by atoms with Gasteiger partial charge in [0.2, 0.25) is 0 Å². The molecule has 10 nitrogen and oxygen atoms in total. The third-order valence-electron chi connectivity index (χ3n) is 5.94. The molecule has 1 N–H and O–H groups in total. The Kier molecular flexibility index (Phi) is 6.89. The molecule has 0 atom stereocenters. The van der Waals surface area contributed by atoms with Crippen LogP contribution >= 0.6 is 34.8 Å². The van der Waals surface area contributed by atoms with Gasteiger partial charge in [0.1, 0.15) is 0 Å². The van der Waals surface area contributed by atoms with Crippen LogP contribution in [0.2, 0.25) is 15.1 Å². The molecule has 0 bridgehead atoms. The van der Waals surface area contributed by atoms with E-state index in [9.17, 15) is 0 Å². The Labute approximate surface area is 242 Å². The van der Waals surface area contributed by atoms with Gasteiger partial charge >= 0.3 is 0 Å². The van der Waals surface area contributed by atoms with E-state index in [0.717, 1.165) is 5.69 Å². The lowest BCUT2D eigenvalue weighted by Gasteiger charge is -1.99. The number of fused-ring (bicyclic) bond motifs is 3. The van der Waals surface area contributed by atoms with E-state index in [1.54, 1.807) is 69.7 Å². The first-order valence-electron chi connectivity index (χ1n) is 12.0. The van der Waals surface area contributed by atoms with Crippen LogP contribution < -0.4 is 10.8 Å². The van der Waals surface area contributed by atoms with Gasteiger partial charge in [-0.1, -0.05) is 34.8 Å². The lowest BCUT2D eigenvalue weighted by atomic mass is 10.3. The Bertz CT molecular complexity index is 1840. The van der Waals surface area contributed by atoms with Gasteiger partial charge in [-0.15, -0.1) is 20.5 Å². The Morgan fingerprint density at radius 2 is 0.975 bits per heavy atom. The lowest BCUT2D eigenvalue weighted by molar-refractivity contribution is 0.859. The summed E-state index contributed by atoms with van der Waals surface area (Å²) in [4.78, 5) is 9.52. The van der Waals surface area contributed by atoms with Gasteiger partial charge in [-0.2, -0.15) is 5.10 Å². The molecule has 40 heavy (non-hydrogen) atoms. The van der Waals surface area contributed by atoms with Crippen molar-refractivity contribution in [3.05, 3.63) is 105 Å². The molecule has 6 aromatic rings. The first-order chi connectivity index (χ1) is 19.4. The maximum Gasteiger partial charge on any atom is 0.198 e. The summed E-state index contributed by atoms with van der Waals surface area (Å²) in [5.74, 6) is 0.978. The summed E-state index contributed by atoms with van der Waals surface area (Å²) >= 11 is 18.1. The largest absolute Gasteiger partial charge is 0.278 e. The zero-order chi connectivity index (χ0) is 27.8. The molecule has 0 radical (unpaired) electrons. The number of aryl methyl sites for hydroxylation is 2. The molecule has 0 spiro atoms. The van der Waals surface area contributed by atoms with Gasteiger partial charge in [-0.25, -0.2) is 19.0 Å². The number of halogens is 3. The summed E-state index contributed by atoms with van der Waals surface area (Å²) in [7, 11) is 0. The second kappa shape index (κ2) is 10.6. The van der Waals surface area contributed by atoms with E-state index >= 15 is 0 Å². The summed E-state index contributed by atoms with van der Waals surface area (Å²) in [6, 6.07) is 21.3. The van der Waals surface area contributed by atoms with Gasteiger partial charge < -0.3 is 0 Å². The third-order valence-corrected chi connectivity index (χ3v) is 6.69. The molecule has 0 saturated carbocycles. The number of rotatable bonds is 6. The maximum atomic E-state index is 6.03. The number of anilines is 1. The molecule has 0 saturated heterocycles. The van der Waals surface area contributed by atoms with Crippen molar-refractivity contribution in [3.8, 4) is 0 Å². The highest BCUT2D eigenvalue weighted by atomic mass is 35.5. The van der Waals surface area contributed by atoms with Crippen molar-refractivity contribution in [2.24, 2.45) is 25.6 Å². The number of nitrogens with one attached hydrogen (secondary N) is 1. The number of aromatic nitrogens is 4. The van der Waals surface area contributed by atoms with Gasteiger partial charge in [0, 0.05) is 15.1 Å². The predicted octanol–water partition coefficient (Wildman–Crippen LogP) is 8.76. The molecule has 0 aliphatic carbocycles. The van der Waals surface area contributed by atoms with Gasteiger partial charge in [0.05, 0.1) is 28.5 Å². The van der Waals surface area contributed by atoms with E-state index in [1.165, 1.54) is 0 Å². The van der Waals surface area contributed by atoms with Crippen LogP contribution in [0.5, 0.6) is 0 Å². The molecule has 3 aromatic carbocycles. The van der Waals surface area contributed by atoms with Crippen LogP contribution in [0.4, 0.5) is 28.7 Å². The van der Waals surface area contributed by atoms with Crippen molar-refractivity contribution >= 4 is 74.8 Å². The second-order valence-electron chi connectivity index (χ2n) is 8.74. The average Bonchev–Trinajstić information content (AvgIpc) is 3.53.